The van der Waals surface area contributed by atoms with E-state index in [1.165, 1.54) is 26.4 Å². The second-order valence-electron chi connectivity index (χ2n) is 5.38. The standard InChI is InChI=1S/C18H14Cl2N2O4/c1-25-12-5-10(6-13(9-12)26-2)7-14-17(23)21-22(18(14)24)11-3-4-15(19)16(20)8-11/h3-9H,1-2H3,(H,21,23)/b14-7+. The number of methoxy groups -OCH3 is 2. The van der Waals surface area contributed by atoms with Gasteiger partial charge in [-0.25, -0.2) is 5.01 Å². The zero-order valence-electron chi connectivity index (χ0n) is 13.9. The van der Waals surface area contributed by atoms with Crippen molar-refractivity contribution in [2.24, 2.45) is 0 Å². The number of nitrogens with zero attached hydrogens (tertiary/aromatic N) is 1. The number of anilines is 1. The first-order valence-electron chi connectivity index (χ1n) is 7.48. The molecule has 0 aromatic heterocycles. The van der Waals surface area contributed by atoms with Crippen LogP contribution in [0.2, 0.25) is 10.0 Å². The topological polar surface area (TPSA) is 67.9 Å². The van der Waals surface area contributed by atoms with Gasteiger partial charge in [-0.1, -0.05) is 23.2 Å². The SMILES string of the molecule is COc1cc(/C=C2\C(=O)NN(c3ccc(Cl)c(Cl)c3)C2=O)cc(OC)c1. The molecule has 0 bridgehead atoms. The zero-order chi connectivity index (χ0) is 18.8. The quantitative estimate of drug-likeness (QED) is 0.638. The van der Waals surface area contributed by atoms with E-state index in [4.69, 9.17) is 32.7 Å². The van der Waals surface area contributed by atoms with E-state index in [1.807, 2.05) is 0 Å². The van der Waals surface area contributed by atoms with Crippen molar-refractivity contribution in [2.45, 2.75) is 0 Å². The summed E-state index contributed by atoms with van der Waals surface area (Å²) in [5, 5.41) is 1.75. The second-order valence-corrected chi connectivity index (χ2v) is 6.20. The predicted octanol–water partition coefficient (Wildman–Crippen LogP) is 3.47. The molecule has 1 aliphatic rings. The van der Waals surface area contributed by atoms with Crippen LogP contribution in [0.3, 0.4) is 0 Å². The Morgan fingerprint density at radius 3 is 2.19 bits per heavy atom. The Labute approximate surface area is 159 Å². The Kier molecular flexibility index (Phi) is 5.06. The van der Waals surface area contributed by atoms with Crippen molar-refractivity contribution in [1.82, 2.24) is 5.43 Å². The maximum absolute atomic E-state index is 12.7. The number of hydrogen-bond donors (Lipinski definition) is 1. The molecular weight excluding hydrogens is 379 g/mol. The molecular formula is C18H14Cl2N2O4. The first-order chi connectivity index (χ1) is 12.4. The van der Waals surface area contributed by atoms with E-state index >= 15 is 0 Å². The highest BCUT2D eigenvalue weighted by atomic mass is 35.5. The number of carbonyl (C=O) groups excluding carboxylic acids is 2. The summed E-state index contributed by atoms with van der Waals surface area (Å²) in [6.45, 7) is 0. The van der Waals surface area contributed by atoms with Gasteiger partial charge in [0.2, 0.25) is 0 Å². The second kappa shape index (κ2) is 7.27. The van der Waals surface area contributed by atoms with Gasteiger partial charge in [0.25, 0.3) is 11.8 Å². The summed E-state index contributed by atoms with van der Waals surface area (Å²) in [4.78, 5) is 24.9. The zero-order valence-corrected chi connectivity index (χ0v) is 15.4. The first kappa shape index (κ1) is 18.1. The first-order valence-corrected chi connectivity index (χ1v) is 8.24. The minimum atomic E-state index is -0.525. The Morgan fingerprint density at radius 2 is 1.62 bits per heavy atom. The van der Waals surface area contributed by atoms with Crippen LogP contribution in [0.5, 0.6) is 11.5 Å². The summed E-state index contributed by atoms with van der Waals surface area (Å²) in [6, 6.07) is 9.72. The predicted molar refractivity (Wildman–Crippen MR) is 99.6 cm³/mol. The monoisotopic (exact) mass is 392 g/mol. The summed E-state index contributed by atoms with van der Waals surface area (Å²) in [7, 11) is 3.04. The highest BCUT2D eigenvalue weighted by Gasteiger charge is 2.34. The van der Waals surface area contributed by atoms with E-state index in [-0.39, 0.29) is 10.6 Å². The van der Waals surface area contributed by atoms with E-state index < -0.39 is 11.8 Å². The molecule has 3 rings (SSSR count). The fourth-order valence-electron chi connectivity index (χ4n) is 2.44. The molecule has 134 valence electrons. The van der Waals surface area contributed by atoms with Crippen molar-refractivity contribution < 1.29 is 19.1 Å². The number of rotatable bonds is 4. The third kappa shape index (κ3) is 3.47. The molecule has 26 heavy (non-hydrogen) atoms. The van der Waals surface area contributed by atoms with Gasteiger partial charge in [0.15, 0.2) is 0 Å². The smallest absolute Gasteiger partial charge is 0.282 e. The number of benzene rings is 2. The Balaban J connectivity index is 1.96. The Bertz CT molecular complexity index is 905. The summed E-state index contributed by atoms with van der Waals surface area (Å²) in [6.07, 6.45) is 1.47. The van der Waals surface area contributed by atoms with Gasteiger partial charge >= 0.3 is 0 Å². The van der Waals surface area contributed by atoms with Gasteiger partial charge in [0, 0.05) is 6.07 Å². The number of carbonyl (C=O) groups is 2. The fourth-order valence-corrected chi connectivity index (χ4v) is 2.74. The molecule has 6 nitrogen and oxygen atoms in total. The lowest BCUT2D eigenvalue weighted by Crippen LogP contribution is -2.35. The van der Waals surface area contributed by atoms with Crippen LogP contribution in [-0.4, -0.2) is 26.0 Å². The summed E-state index contributed by atoms with van der Waals surface area (Å²) < 4.78 is 10.4. The number of hydrogen-bond acceptors (Lipinski definition) is 4. The van der Waals surface area contributed by atoms with Crippen LogP contribution in [0.1, 0.15) is 5.56 Å². The molecule has 1 fully saturated rings. The molecule has 2 aromatic carbocycles. The van der Waals surface area contributed by atoms with Crippen LogP contribution in [0.4, 0.5) is 5.69 Å². The average Bonchev–Trinajstić information content (AvgIpc) is 2.91. The van der Waals surface area contributed by atoms with Crippen molar-refractivity contribution in [3.8, 4) is 11.5 Å². The van der Waals surface area contributed by atoms with Crippen molar-refractivity contribution in [2.75, 3.05) is 19.2 Å². The highest BCUT2D eigenvalue weighted by molar-refractivity contribution is 6.42. The maximum Gasteiger partial charge on any atom is 0.282 e. The molecule has 0 unspecified atom stereocenters. The van der Waals surface area contributed by atoms with Gasteiger partial charge in [-0.3, -0.25) is 15.0 Å². The summed E-state index contributed by atoms with van der Waals surface area (Å²) >= 11 is 11.9. The maximum atomic E-state index is 12.7. The molecule has 0 aliphatic carbocycles. The number of nitrogens with one attached hydrogen (secondary N) is 1. The fraction of sp³-hybridized carbons (Fsp3) is 0.111. The van der Waals surface area contributed by atoms with Crippen molar-refractivity contribution >= 4 is 46.8 Å². The third-order valence-corrected chi connectivity index (χ3v) is 4.48. The molecule has 2 aromatic rings. The number of ether oxygens (including phenoxy) is 2. The van der Waals surface area contributed by atoms with Gasteiger partial charge in [0.1, 0.15) is 17.1 Å². The average molecular weight is 393 g/mol. The van der Waals surface area contributed by atoms with Crippen molar-refractivity contribution in [3.63, 3.8) is 0 Å². The van der Waals surface area contributed by atoms with E-state index in [1.54, 1.807) is 30.3 Å². The van der Waals surface area contributed by atoms with Gasteiger partial charge in [-0.15, -0.1) is 0 Å². The molecule has 0 spiro atoms. The van der Waals surface area contributed by atoms with Gasteiger partial charge < -0.3 is 9.47 Å². The normalized spacial score (nSPS) is 15.4. The third-order valence-electron chi connectivity index (χ3n) is 3.74. The molecule has 8 heteroatoms. The van der Waals surface area contributed by atoms with E-state index in [9.17, 15) is 9.59 Å². The van der Waals surface area contributed by atoms with E-state index in [0.29, 0.717) is 27.8 Å². The molecule has 1 saturated heterocycles. The minimum absolute atomic E-state index is 0.0219. The lowest BCUT2D eigenvalue weighted by molar-refractivity contribution is -0.117. The molecule has 0 saturated carbocycles. The highest BCUT2D eigenvalue weighted by Crippen LogP contribution is 2.30. The van der Waals surface area contributed by atoms with Gasteiger partial charge in [-0.05, 0) is 42.0 Å². The number of hydrazine groups is 1. The van der Waals surface area contributed by atoms with E-state index in [0.717, 1.165) is 5.01 Å². The van der Waals surface area contributed by atoms with Crippen molar-refractivity contribution in [1.29, 1.82) is 0 Å². The minimum Gasteiger partial charge on any atom is -0.497 e. The van der Waals surface area contributed by atoms with Crippen molar-refractivity contribution in [3.05, 3.63) is 57.6 Å². The van der Waals surface area contributed by atoms with Crippen LogP contribution >= 0.6 is 23.2 Å². The lowest BCUT2D eigenvalue weighted by Gasteiger charge is -2.15. The molecule has 1 N–H and O–H groups in total. The van der Waals surface area contributed by atoms with Crippen LogP contribution in [0.25, 0.3) is 6.08 Å². The largest absolute Gasteiger partial charge is 0.497 e. The van der Waals surface area contributed by atoms with Crippen LogP contribution in [0.15, 0.2) is 42.0 Å². The Morgan fingerprint density at radius 1 is 0.962 bits per heavy atom. The van der Waals surface area contributed by atoms with Gasteiger partial charge in [0.05, 0.1) is 30.0 Å². The molecule has 1 aliphatic heterocycles. The summed E-state index contributed by atoms with van der Waals surface area (Å²) in [5.41, 5.74) is 3.48. The number of amides is 2. The van der Waals surface area contributed by atoms with Crippen LogP contribution in [-0.2, 0) is 9.59 Å². The molecule has 0 radical (unpaired) electrons. The lowest BCUT2D eigenvalue weighted by atomic mass is 10.1. The molecule has 2 amide bonds. The molecule has 1 heterocycles. The van der Waals surface area contributed by atoms with Gasteiger partial charge in [-0.2, -0.15) is 0 Å². The summed E-state index contributed by atoms with van der Waals surface area (Å²) in [5.74, 6) is 0.0600. The van der Waals surface area contributed by atoms with Crippen LogP contribution in [0, 0.1) is 0 Å². The van der Waals surface area contributed by atoms with Crippen LogP contribution < -0.4 is 19.9 Å². The Hall–Kier alpha value is -2.70. The molecule has 0 atom stereocenters. The number of halogens is 2. The van der Waals surface area contributed by atoms with E-state index in [2.05, 4.69) is 5.43 Å².